The SMILES string of the molecule is CC(C)Oc1ccc(NS(=O)(=O)c2cc(C(N)=O)c(O)cc2NCCN)cc1. The Labute approximate surface area is 163 Å². The van der Waals surface area contributed by atoms with Gasteiger partial charge in [-0.2, -0.15) is 0 Å². The van der Waals surface area contributed by atoms with Crippen molar-refractivity contribution in [2.75, 3.05) is 23.1 Å². The Hall–Kier alpha value is -2.98. The van der Waals surface area contributed by atoms with Gasteiger partial charge in [0.05, 0.1) is 17.4 Å². The molecule has 0 atom stereocenters. The molecule has 0 aliphatic rings. The van der Waals surface area contributed by atoms with Crippen LogP contribution in [0, 0.1) is 0 Å². The highest BCUT2D eigenvalue weighted by atomic mass is 32.2. The lowest BCUT2D eigenvalue weighted by atomic mass is 10.1. The van der Waals surface area contributed by atoms with Crippen LogP contribution in [0.3, 0.4) is 0 Å². The summed E-state index contributed by atoms with van der Waals surface area (Å²) >= 11 is 0. The largest absolute Gasteiger partial charge is 0.507 e. The Bertz CT molecular complexity index is 943. The third-order valence-electron chi connectivity index (χ3n) is 3.59. The fraction of sp³-hybridized carbons (Fsp3) is 0.278. The van der Waals surface area contributed by atoms with Crippen molar-refractivity contribution in [1.29, 1.82) is 0 Å². The molecular weight excluding hydrogens is 384 g/mol. The third kappa shape index (κ3) is 5.27. The minimum Gasteiger partial charge on any atom is -0.507 e. The molecular formula is C18H24N4O5S. The molecule has 0 aromatic heterocycles. The molecule has 0 radical (unpaired) electrons. The van der Waals surface area contributed by atoms with E-state index in [1.54, 1.807) is 24.3 Å². The van der Waals surface area contributed by atoms with E-state index in [2.05, 4.69) is 10.0 Å². The zero-order valence-electron chi connectivity index (χ0n) is 15.6. The zero-order chi connectivity index (χ0) is 20.9. The number of sulfonamides is 1. The van der Waals surface area contributed by atoms with Crippen LogP contribution in [0.4, 0.5) is 11.4 Å². The van der Waals surface area contributed by atoms with Gasteiger partial charge < -0.3 is 26.6 Å². The van der Waals surface area contributed by atoms with Crippen LogP contribution in [0.1, 0.15) is 24.2 Å². The maximum atomic E-state index is 12.9. The molecule has 0 heterocycles. The molecule has 0 aliphatic carbocycles. The number of aromatic hydroxyl groups is 1. The number of nitrogens with one attached hydrogen (secondary N) is 2. The maximum Gasteiger partial charge on any atom is 0.263 e. The van der Waals surface area contributed by atoms with Crippen molar-refractivity contribution in [2.45, 2.75) is 24.8 Å². The Kier molecular flexibility index (Phi) is 6.71. The zero-order valence-corrected chi connectivity index (χ0v) is 16.4. The summed E-state index contributed by atoms with van der Waals surface area (Å²) in [6.45, 7) is 4.27. The average Bonchev–Trinajstić information content (AvgIpc) is 2.60. The number of amides is 1. The van der Waals surface area contributed by atoms with E-state index in [4.69, 9.17) is 16.2 Å². The van der Waals surface area contributed by atoms with Crippen molar-refractivity contribution in [3.63, 3.8) is 0 Å². The first-order valence-electron chi connectivity index (χ1n) is 8.54. The van der Waals surface area contributed by atoms with E-state index in [0.717, 1.165) is 12.1 Å². The second kappa shape index (κ2) is 8.81. The molecule has 28 heavy (non-hydrogen) atoms. The van der Waals surface area contributed by atoms with Crippen LogP contribution in [0.25, 0.3) is 0 Å². The molecule has 1 amide bonds. The predicted octanol–water partition coefficient (Wildman–Crippen LogP) is 1.45. The van der Waals surface area contributed by atoms with Crippen molar-refractivity contribution < 1.29 is 23.1 Å². The minimum atomic E-state index is -4.10. The number of primary amides is 1. The van der Waals surface area contributed by atoms with Gasteiger partial charge in [-0.3, -0.25) is 9.52 Å². The van der Waals surface area contributed by atoms with Crippen LogP contribution in [0.2, 0.25) is 0 Å². The van der Waals surface area contributed by atoms with Gasteiger partial charge >= 0.3 is 0 Å². The Morgan fingerprint density at radius 2 is 1.86 bits per heavy atom. The standard InChI is InChI=1S/C18H24N4O5S/c1-11(2)27-13-5-3-12(4-6-13)22-28(25,26)17-9-14(18(20)24)16(23)10-15(17)21-8-7-19/h3-6,9-11,21-23H,7-8,19H2,1-2H3,(H2,20,24). The Balaban J connectivity index is 2.39. The second-order valence-corrected chi connectivity index (χ2v) is 7.89. The summed E-state index contributed by atoms with van der Waals surface area (Å²) in [5.74, 6) is -0.778. The van der Waals surface area contributed by atoms with Gasteiger partial charge in [-0.15, -0.1) is 0 Å². The number of anilines is 2. The van der Waals surface area contributed by atoms with E-state index < -0.39 is 21.7 Å². The molecule has 0 aliphatic heterocycles. The van der Waals surface area contributed by atoms with E-state index in [0.29, 0.717) is 11.4 Å². The first kappa shape index (κ1) is 21.3. The average molecular weight is 408 g/mol. The molecule has 2 aromatic rings. The molecule has 0 bridgehead atoms. The van der Waals surface area contributed by atoms with Gasteiger partial charge in [0.2, 0.25) is 0 Å². The van der Waals surface area contributed by atoms with E-state index in [-0.39, 0.29) is 35.3 Å². The number of carbonyl (C=O) groups is 1. The molecule has 0 saturated heterocycles. The number of hydrogen-bond donors (Lipinski definition) is 5. The molecule has 0 saturated carbocycles. The molecule has 9 nitrogen and oxygen atoms in total. The van der Waals surface area contributed by atoms with Crippen molar-refractivity contribution in [3.05, 3.63) is 42.0 Å². The number of nitrogens with two attached hydrogens (primary N) is 2. The van der Waals surface area contributed by atoms with Crippen molar-refractivity contribution in [3.8, 4) is 11.5 Å². The maximum absolute atomic E-state index is 12.9. The summed E-state index contributed by atoms with van der Waals surface area (Å²) in [5, 5.41) is 12.8. The Morgan fingerprint density at radius 3 is 2.39 bits per heavy atom. The lowest BCUT2D eigenvalue weighted by molar-refractivity contribution is 0.0997. The summed E-state index contributed by atoms with van der Waals surface area (Å²) in [6, 6.07) is 8.53. The fourth-order valence-electron chi connectivity index (χ4n) is 2.42. The number of benzene rings is 2. The van der Waals surface area contributed by atoms with Crippen LogP contribution in [0.15, 0.2) is 41.3 Å². The number of carbonyl (C=O) groups excluding carboxylic acids is 1. The Morgan fingerprint density at radius 1 is 1.21 bits per heavy atom. The lowest BCUT2D eigenvalue weighted by Gasteiger charge is -2.16. The normalized spacial score (nSPS) is 11.3. The van der Waals surface area contributed by atoms with E-state index in [1.807, 2.05) is 13.8 Å². The molecule has 0 unspecified atom stereocenters. The lowest BCUT2D eigenvalue weighted by Crippen LogP contribution is -2.20. The highest BCUT2D eigenvalue weighted by Crippen LogP contribution is 2.31. The number of rotatable bonds is 9. The molecule has 0 spiro atoms. The summed E-state index contributed by atoms with van der Waals surface area (Å²) in [5.41, 5.74) is 10.8. The number of hydrogen-bond acceptors (Lipinski definition) is 7. The predicted molar refractivity (Wildman–Crippen MR) is 107 cm³/mol. The highest BCUT2D eigenvalue weighted by Gasteiger charge is 2.23. The van der Waals surface area contributed by atoms with Gasteiger partial charge in [-0.25, -0.2) is 8.42 Å². The van der Waals surface area contributed by atoms with Gasteiger partial charge in [0.1, 0.15) is 16.4 Å². The van der Waals surface area contributed by atoms with E-state index in [1.165, 1.54) is 0 Å². The van der Waals surface area contributed by atoms with E-state index in [9.17, 15) is 18.3 Å². The van der Waals surface area contributed by atoms with Gasteiger partial charge in [0, 0.05) is 24.8 Å². The third-order valence-corrected chi connectivity index (χ3v) is 5.01. The van der Waals surface area contributed by atoms with Crippen molar-refractivity contribution in [1.82, 2.24) is 0 Å². The van der Waals surface area contributed by atoms with Crippen LogP contribution >= 0.6 is 0 Å². The first-order chi connectivity index (χ1) is 13.1. The quantitative estimate of drug-likeness (QED) is 0.420. The summed E-state index contributed by atoms with van der Waals surface area (Å²) in [7, 11) is -4.10. The van der Waals surface area contributed by atoms with Gasteiger partial charge in [-0.1, -0.05) is 0 Å². The van der Waals surface area contributed by atoms with Gasteiger partial charge in [0.25, 0.3) is 15.9 Å². The molecule has 2 rings (SSSR count). The van der Waals surface area contributed by atoms with Crippen molar-refractivity contribution >= 4 is 27.3 Å². The number of phenols is 1. The molecule has 10 heteroatoms. The van der Waals surface area contributed by atoms with Gasteiger partial charge in [0.15, 0.2) is 0 Å². The molecule has 0 fully saturated rings. The van der Waals surface area contributed by atoms with Gasteiger partial charge in [-0.05, 0) is 44.2 Å². The van der Waals surface area contributed by atoms with Crippen LogP contribution < -0.4 is 26.2 Å². The molecule has 7 N–H and O–H groups in total. The molecule has 2 aromatic carbocycles. The van der Waals surface area contributed by atoms with Crippen LogP contribution in [0.5, 0.6) is 11.5 Å². The summed E-state index contributed by atoms with van der Waals surface area (Å²) < 4.78 is 33.7. The first-order valence-corrected chi connectivity index (χ1v) is 10.0. The number of ether oxygens (including phenoxy) is 1. The molecule has 152 valence electrons. The topological polar surface area (TPSA) is 157 Å². The van der Waals surface area contributed by atoms with Crippen molar-refractivity contribution in [2.24, 2.45) is 11.5 Å². The van der Waals surface area contributed by atoms with Crippen LogP contribution in [-0.2, 0) is 10.0 Å². The summed E-state index contributed by atoms with van der Waals surface area (Å²) in [4.78, 5) is 11.3. The van der Waals surface area contributed by atoms with Crippen LogP contribution in [-0.4, -0.2) is 38.6 Å². The fourth-order valence-corrected chi connectivity index (χ4v) is 3.67. The summed E-state index contributed by atoms with van der Waals surface area (Å²) in [6.07, 6.45) is -0.0112. The second-order valence-electron chi connectivity index (χ2n) is 6.24. The minimum absolute atomic E-state index is 0.0112. The smallest absolute Gasteiger partial charge is 0.263 e. The monoisotopic (exact) mass is 408 g/mol. The van der Waals surface area contributed by atoms with E-state index >= 15 is 0 Å². The highest BCUT2D eigenvalue weighted by molar-refractivity contribution is 7.92.